The Morgan fingerprint density at radius 2 is 1.16 bits per heavy atom. The van der Waals surface area contributed by atoms with Gasteiger partial charge in [0.1, 0.15) is 13.2 Å². The average Bonchev–Trinajstić information content (AvgIpc) is 2.37. The maximum absolute atomic E-state index is 10.9. The second-order valence-corrected chi connectivity index (χ2v) is 3.78. The highest BCUT2D eigenvalue weighted by Crippen LogP contribution is 1.97. The molecule has 0 aromatic heterocycles. The molecule has 0 saturated heterocycles. The predicted octanol–water partition coefficient (Wildman–Crippen LogP) is 1.32. The molecule has 0 spiro atoms. The Bertz CT molecular complexity index is 217. The standard InChI is InChI=1S/C13H24O6/c1-3-18-12(14)10-16-8-6-5-7-9-17-11-13(15)19-4-2/h3-11H2,1-2H3. The number of hydrogen-bond donors (Lipinski definition) is 0. The summed E-state index contributed by atoms with van der Waals surface area (Å²) >= 11 is 0. The zero-order chi connectivity index (χ0) is 14.3. The smallest absolute Gasteiger partial charge is 0.332 e. The quantitative estimate of drug-likeness (QED) is 0.395. The summed E-state index contributed by atoms with van der Waals surface area (Å²) in [5.74, 6) is -0.666. The van der Waals surface area contributed by atoms with Crippen molar-refractivity contribution in [1.29, 1.82) is 0 Å². The third-order valence-electron chi connectivity index (χ3n) is 2.13. The number of unbranched alkanes of at least 4 members (excludes halogenated alkanes) is 2. The van der Waals surface area contributed by atoms with Gasteiger partial charge in [0.15, 0.2) is 0 Å². The molecule has 0 unspecified atom stereocenters. The Morgan fingerprint density at radius 1 is 0.737 bits per heavy atom. The molecule has 0 aromatic carbocycles. The molecule has 0 aliphatic heterocycles. The van der Waals surface area contributed by atoms with Crippen molar-refractivity contribution in [1.82, 2.24) is 0 Å². The lowest BCUT2D eigenvalue weighted by atomic mass is 10.2. The zero-order valence-electron chi connectivity index (χ0n) is 11.8. The normalized spacial score (nSPS) is 10.2. The van der Waals surface area contributed by atoms with Crippen LogP contribution in [-0.2, 0) is 28.5 Å². The molecule has 0 saturated carbocycles. The predicted molar refractivity (Wildman–Crippen MR) is 68.8 cm³/mol. The van der Waals surface area contributed by atoms with Crippen molar-refractivity contribution in [2.45, 2.75) is 33.1 Å². The first-order valence-corrected chi connectivity index (χ1v) is 6.67. The Balaban J connectivity index is 3.15. The van der Waals surface area contributed by atoms with E-state index in [1.54, 1.807) is 13.8 Å². The lowest BCUT2D eigenvalue weighted by Gasteiger charge is -2.05. The van der Waals surface area contributed by atoms with Gasteiger partial charge in [0, 0.05) is 13.2 Å². The van der Waals surface area contributed by atoms with Crippen molar-refractivity contribution in [3.63, 3.8) is 0 Å². The molecule has 6 heteroatoms. The summed E-state index contributed by atoms with van der Waals surface area (Å²) in [5, 5.41) is 0. The molecule has 0 aromatic rings. The third kappa shape index (κ3) is 13.1. The molecule has 0 amide bonds. The lowest BCUT2D eigenvalue weighted by Crippen LogP contribution is -2.13. The minimum Gasteiger partial charge on any atom is -0.464 e. The van der Waals surface area contributed by atoms with Crippen molar-refractivity contribution in [3.05, 3.63) is 0 Å². The van der Waals surface area contributed by atoms with Gasteiger partial charge in [-0.1, -0.05) is 0 Å². The van der Waals surface area contributed by atoms with Crippen molar-refractivity contribution in [2.24, 2.45) is 0 Å². The van der Waals surface area contributed by atoms with E-state index < -0.39 is 0 Å². The molecule has 0 aliphatic rings. The van der Waals surface area contributed by atoms with E-state index in [-0.39, 0.29) is 25.2 Å². The number of rotatable bonds is 12. The van der Waals surface area contributed by atoms with E-state index >= 15 is 0 Å². The van der Waals surface area contributed by atoms with Gasteiger partial charge in [-0.15, -0.1) is 0 Å². The van der Waals surface area contributed by atoms with Crippen LogP contribution in [0.4, 0.5) is 0 Å². The molecular weight excluding hydrogens is 252 g/mol. The molecule has 0 N–H and O–H groups in total. The molecule has 19 heavy (non-hydrogen) atoms. The SMILES string of the molecule is CCOC(=O)COCCCCCOCC(=O)OCC. The summed E-state index contributed by atoms with van der Waals surface area (Å²) in [4.78, 5) is 21.8. The van der Waals surface area contributed by atoms with Gasteiger partial charge in [0.05, 0.1) is 13.2 Å². The minimum absolute atomic E-state index is 0.00714. The van der Waals surface area contributed by atoms with Crippen LogP contribution in [0.3, 0.4) is 0 Å². The van der Waals surface area contributed by atoms with Gasteiger partial charge >= 0.3 is 11.9 Å². The Labute approximate surface area is 114 Å². The maximum Gasteiger partial charge on any atom is 0.332 e. The topological polar surface area (TPSA) is 71.1 Å². The van der Waals surface area contributed by atoms with Crippen LogP contribution < -0.4 is 0 Å². The van der Waals surface area contributed by atoms with Crippen LogP contribution in [0.5, 0.6) is 0 Å². The Morgan fingerprint density at radius 3 is 1.53 bits per heavy atom. The Hall–Kier alpha value is -1.14. The highest BCUT2D eigenvalue weighted by molar-refractivity contribution is 5.70. The fourth-order valence-electron chi connectivity index (χ4n) is 1.30. The first-order chi connectivity index (χ1) is 9.20. The van der Waals surface area contributed by atoms with Crippen molar-refractivity contribution in [2.75, 3.05) is 39.6 Å². The molecule has 0 rings (SSSR count). The first-order valence-electron chi connectivity index (χ1n) is 6.67. The van der Waals surface area contributed by atoms with Crippen LogP contribution in [0, 0.1) is 0 Å². The number of carbonyl (C=O) groups is 2. The molecule has 6 nitrogen and oxygen atoms in total. The van der Waals surface area contributed by atoms with Gasteiger partial charge in [-0.05, 0) is 33.1 Å². The van der Waals surface area contributed by atoms with Gasteiger partial charge in [-0.25, -0.2) is 9.59 Å². The molecule has 0 fully saturated rings. The largest absolute Gasteiger partial charge is 0.464 e. The summed E-state index contributed by atoms with van der Waals surface area (Å²) in [5.41, 5.74) is 0. The summed E-state index contributed by atoms with van der Waals surface area (Å²) in [6.07, 6.45) is 2.62. The molecule has 0 bridgehead atoms. The van der Waals surface area contributed by atoms with Gasteiger partial charge in [0.25, 0.3) is 0 Å². The van der Waals surface area contributed by atoms with E-state index in [0.717, 1.165) is 19.3 Å². The van der Waals surface area contributed by atoms with E-state index in [0.29, 0.717) is 26.4 Å². The van der Waals surface area contributed by atoms with Crippen molar-refractivity contribution in [3.8, 4) is 0 Å². The molecule has 0 atom stereocenters. The first kappa shape index (κ1) is 17.9. The number of carbonyl (C=O) groups excluding carboxylic acids is 2. The van der Waals surface area contributed by atoms with Crippen molar-refractivity contribution >= 4 is 11.9 Å². The second-order valence-electron chi connectivity index (χ2n) is 3.78. The summed E-state index contributed by atoms with van der Waals surface area (Å²) < 4.78 is 19.7. The van der Waals surface area contributed by atoms with E-state index in [2.05, 4.69) is 0 Å². The summed E-state index contributed by atoms with van der Waals surface area (Å²) in [6, 6.07) is 0. The molecule has 0 heterocycles. The van der Waals surface area contributed by atoms with Gasteiger partial charge in [0.2, 0.25) is 0 Å². The van der Waals surface area contributed by atoms with E-state index in [9.17, 15) is 9.59 Å². The number of ether oxygens (including phenoxy) is 4. The molecular formula is C13H24O6. The average molecular weight is 276 g/mol. The monoisotopic (exact) mass is 276 g/mol. The summed E-state index contributed by atoms with van der Waals surface area (Å²) in [6.45, 7) is 5.33. The maximum atomic E-state index is 10.9. The lowest BCUT2D eigenvalue weighted by molar-refractivity contribution is -0.149. The van der Waals surface area contributed by atoms with Crippen LogP contribution in [-0.4, -0.2) is 51.6 Å². The zero-order valence-corrected chi connectivity index (χ0v) is 11.8. The third-order valence-corrected chi connectivity index (χ3v) is 2.13. The van der Waals surface area contributed by atoms with E-state index in [4.69, 9.17) is 18.9 Å². The van der Waals surface area contributed by atoms with Crippen LogP contribution in [0.15, 0.2) is 0 Å². The van der Waals surface area contributed by atoms with E-state index in [1.165, 1.54) is 0 Å². The molecule has 0 radical (unpaired) electrons. The minimum atomic E-state index is -0.333. The molecule has 112 valence electrons. The highest BCUT2D eigenvalue weighted by Gasteiger charge is 2.02. The fraction of sp³-hybridized carbons (Fsp3) is 0.846. The molecule has 0 aliphatic carbocycles. The van der Waals surface area contributed by atoms with Crippen molar-refractivity contribution < 1.29 is 28.5 Å². The number of hydrogen-bond acceptors (Lipinski definition) is 6. The summed E-state index contributed by atoms with van der Waals surface area (Å²) in [7, 11) is 0. The van der Waals surface area contributed by atoms with Crippen LogP contribution in [0.1, 0.15) is 33.1 Å². The van der Waals surface area contributed by atoms with Crippen LogP contribution >= 0.6 is 0 Å². The van der Waals surface area contributed by atoms with Crippen LogP contribution in [0.25, 0.3) is 0 Å². The highest BCUT2D eigenvalue weighted by atomic mass is 16.6. The Kier molecular flexibility index (Phi) is 12.5. The van der Waals surface area contributed by atoms with Gasteiger partial charge in [-0.3, -0.25) is 0 Å². The van der Waals surface area contributed by atoms with Gasteiger partial charge < -0.3 is 18.9 Å². The number of esters is 2. The van der Waals surface area contributed by atoms with E-state index in [1.807, 2.05) is 0 Å². The second kappa shape index (κ2) is 13.3. The fourth-order valence-corrected chi connectivity index (χ4v) is 1.30. The van der Waals surface area contributed by atoms with Crippen LogP contribution in [0.2, 0.25) is 0 Å². The van der Waals surface area contributed by atoms with Gasteiger partial charge in [-0.2, -0.15) is 0 Å².